The van der Waals surface area contributed by atoms with Crippen LogP contribution in [0.25, 0.3) is 0 Å². The van der Waals surface area contributed by atoms with Crippen LogP contribution < -0.4 is 10.6 Å². The van der Waals surface area contributed by atoms with Crippen LogP contribution >= 0.6 is 23.1 Å². The van der Waals surface area contributed by atoms with Crippen molar-refractivity contribution in [2.75, 3.05) is 11.1 Å². The van der Waals surface area contributed by atoms with Gasteiger partial charge in [-0.25, -0.2) is 8.78 Å². The Morgan fingerprint density at radius 1 is 1.04 bits per heavy atom. The number of hydrogen-bond acceptors (Lipinski definition) is 6. The van der Waals surface area contributed by atoms with Crippen molar-refractivity contribution < 1.29 is 18.4 Å². The Hall–Kier alpha value is -2.85. The van der Waals surface area contributed by atoms with Crippen molar-refractivity contribution in [1.82, 2.24) is 15.5 Å². The van der Waals surface area contributed by atoms with Crippen molar-refractivity contribution >= 4 is 40.6 Å². The van der Waals surface area contributed by atoms with Crippen LogP contribution in [-0.2, 0) is 11.3 Å². The lowest BCUT2D eigenvalue weighted by molar-refractivity contribution is -0.118. The van der Waals surface area contributed by atoms with Gasteiger partial charge in [0, 0.05) is 17.8 Å². The van der Waals surface area contributed by atoms with Crippen molar-refractivity contribution in [1.29, 1.82) is 0 Å². The van der Waals surface area contributed by atoms with Gasteiger partial charge in [0.05, 0.1) is 5.75 Å². The zero-order chi connectivity index (χ0) is 19.9. The first-order valence-electron chi connectivity index (χ1n) is 8.04. The Morgan fingerprint density at radius 3 is 2.54 bits per heavy atom. The Balaban J connectivity index is 1.47. The van der Waals surface area contributed by atoms with E-state index in [4.69, 9.17) is 0 Å². The van der Waals surface area contributed by atoms with Gasteiger partial charge in [0.25, 0.3) is 5.91 Å². The van der Waals surface area contributed by atoms with E-state index in [0.29, 0.717) is 15.6 Å². The maximum atomic E-state index is 13.5. The van der Waals surface area contributed by atoms with Gasteiger partial charge in [-0.1, -0.05) is 41.3 Å². The quantitative estimate of drug-likeness (QED) is 0.572. The molecule has 0 radical (unpaired) electrons. The van der Waals surface area contributed by atoms with Crippen LogP contribution in [0.1, 0.15) is 15.4 Å². The minimum absolute atomic E-state index is 0.0582. The zero-order valence-corrected chi connectivity index (χ0v) is 15.9. The first-order valence-corrected chi connectivity index (χ1v) is 9.85. The van der Waals surface area contributed by atoms with Gasteiger partial charge >= 0.3 is 0 Å². The molecule has 0 spiro atoms. The molecule has 0 unspecified atom stereocenters. The summed E-state index contributed by atoms with van der Waals surface area (Å²) in [5.74, 6) is -1.49. The number of nitrogens with one attached hydrogen (secondary N) is 2. The number of nitrogens with zero attached hydrogens (tertiary/aromatic N) is 2. The average molecular weight is 420 g/mol. The SMILES string of the molecule is O=C(CSc1nnc(C(=O)Nc2ccc(F)cc2)s1)NCc1ccccc1F. The number of halogens is 2. The highest BCUT2D eigenvalue weighted by Crippen LogP contribution is 2.23. The maximum absolute atomic E-state index is 13.5. The molecular weight excluding hydrogens is 406 g/mol. The van der Waals surface area contributed by atoms with Gasteiger partial charge in [-0.05, 0) is 30.3 Å². The first kappa shape index (κ1) is 19.9. The van der Waals surface area contributed by atoms with E-state index in [-0.39, 0.29) is 29.0 Å². The predicted octanol–water partition coefficient (Wildman–Crippen LogP) is 3.48. The standard InChI is InChI=1S/C18H14F2N4O2S2/c19-12-5-7-13(8-6-12)22-16(26)17-23-24-18(28-17)27-10-15(25)21-9-11-3-1-2-4-14(11)20/h1-8H,9-10H2,(H,21,25)(H,22,26). The fraction of sp³-hybridized carbons (Fsp3) is 0.111. The Bertz CT molecular complexity index is 980. The van der Waals surface area contributed by atoms with E-state index in [2.05, 4.69) is 20.8 Å². The Morgan fingerprint density at radius 2 is 1.79 bits per heavy atom. The number of aromatic nitrogens is 2. The van der Waals surface area contributed by atoms with Crippen LogP contribution in [0.5, 0.6) is 0 Å². The van der Waals surface area contributed by atoms with Crippen LogP contribution in [0.4, 0.5) is 14.5 Å². The monoisotopic (exact) mass is 420 g/mol. The number of carbonyl (C=O) groups is 2. The van der Waals surface area contributed by atoms with Gasteiger partial charge in [0.15, 0.2) is 4.34 Å². The number of hydrogen-bond donors (Lipinski definition) is 2. The molecule has 144 valence electrons. The van der Waals surface area contributed by atoms with Gasteiger partial charge in [-0.3, -0.25) is 9.59 Å². The van der Waals surface area contributed by atoms with Gasteiger partial charge in [0.2, 0.25) is 10.9 Å². The summed E-state index contributed by atoms with van der Waals surface area (Å²) < 4.78 is 26.8. The molecule has 10 heteroatoms. The van der Waals surface area contributed by atoms with E-state index in [1.807, 2.05) is 0 Å². The molecule has 0 saturated heterocycles. The fourth-order valence-corrected chi connectivity index (χ4v) is 3.67. The van der Waals surface area contributed by atoms with Crippen molar-refractivity contribution in [3.63, 3.8) is 0 Å². The third-order valence-electron chi connectivity index (χ3n) is 3.46. The molecule has 2 amide bonds. The topological polar surface area (TPSA) is 84.0 Å². The second kappa shape index (κ2) is 9.38. The molecular formula is C18H14F2N4O2S2. The molecule has 2 aromatic carbocycles. The smallest absolute Gasteiger partial charge is 0.286 e. The number of amides is 2. The highest BCUT2D eigenvalue weighted by Gasteiger charge is 2.14. The lowest BCUT2D eigenvalue weighted by Crippen LogP contribution is -2.24. The number of carbonyl (C=O) groups excluding carboxylic acids is 2. The van der Waals surface area contributed by atoms with Gasteiger partial charge in [0.1, 0.15) is 11.6 Å². The molecule has 3 rings (SSSR count). The molecule has 2 N–H and O–H groups in total. The zero-order valence-electron chi connectivity index (χ0n) is 14.3. The number of rotatable bonds is 7. The van der Waals surface area contributed by atoms with Gasteiger partial charge < -0.3 is 10.6 Å². The third-order valence-corrected chi connectivity index (χ3v) is 5.52. The maximum Gasteiger partial charge on any atom is 0.286 e. The van der Waals surface area contributed by atoms with Crippen molar-refractivity contribution in [3.8, 4) is 0 Å². The lowest BCUT2D eigenvalue weighted by atomic mass is 10.2. The average Bonchev–Trinajstić information content (AvgIpc) is 3.17. The minimum atomic E-state index is -0.472. The summed E-state index contributed by atoms with van der Waals surface area (Å²) >= 11 is 2.16. The molecule has 0 bridgehead atoms. The fourth-order valence-electron chi connectivity index (χ4n) is 2.09. The van der Waals surface area contributed by atoms with Crippen molar-refractivity contribution in [3.05, 3.63) is 70.7 Å². The van der Waals surface area contributed by atoms with E-state index in [9.17, 15) is 18.4 Å². The Kier molecular flexibility index (Phi) is 6.66. The highest BCUT2D eigenvalue weighted by molar-refractivity contribution is 8.01. The van der Waals surface area contributed by atoms with Crippen LogP contribution in [0.2, 0.25) is 0 Å². The Labute approximate surface area is 167 Å². The van der Waals surface area contributed by atoms with Crippen LogP contribution in [0, 0.1) is 11.6 Å². The molecule has 6 nitrogen and oxygen atoms in total. The van der Waals surface area contributed by atoms with Crippen molar-refractivity contribution in [2.24, 2.45) is 0 Å². The van der Waals surface area contributed by atoms with E-state index in [1.165, 1.54) is 30.3 Å². The van der Waals surface area contributed by atoms with Crippen LogP contribution in [-0.4, -0.2) is 27.8 Å². The van der Waals surface area contributed by atoms with Crippen LogP contribution in [0.15, 0.2) is 52.9 Å². The molecule has 1 aromatic heterocycles. The largest absolute Gasteiger partial charge is 0.351 e. The number of benzene rings is 2. The summed E-state index contributed by atoms with van der Waals surface area (Å²) in [6.45, 7) is 0.0908. The lowest BCUT2D eigenvalue weighted by Gasteiger charge is -2.05. The van der Waals surface area contributed by atoms with Crippen molar-refractivity contribution in [2.45, 2.75) is 10.9 Å². The summed E-state index contributed by atoms with van der Waals surface area (Å²) in [6.07, 6.45) is 0. The molecule has 28 heavy (non-hydrogen) atoms. The molecule has 0 aliphatic heterocycles. The number of thioether (sulfide) groups is 1. The second-order valence-corrected chi connectivity index (χ2v) is 7.69. The highest BCUT2D eigenvalue weighted by atomic mass is 32.2. The van der Waals surface area contributed by atoms with E-state index in [0.717, 1.165) is 23.1 Å². The normalized spacial score (nSPS) is 10.5. The summed E-state index contributed by atoms with van der Waals surface area (Å²) in [5, 5.41) is 13.0. The molecule has 0 aliphatic carbocycles. The molecule has 0 atom stereocenters. The van der Waals surface area contributed by atoms with Gasteiger partial charge in [-0.15, -0.1) is 10.2 Å². The second-order valence-electron chi connectivity index (χ2n) is 5.49. The summed E-state index contributed by atoms with van der Waals surface area (Å²) in [7, 11) is 0. The van der Waals surface area contributed by atoms with E-state index in [1.54, 1.807) is 18.2 Å². The summed E-state index contributed by atoms with van der Waals surface area (Å²) in [4.78, 5) is 24.0. The number of anilines is 1. The van der Waals surface area contributed by atoms with E-state index >= 15 is 0 Å². The first-order chi connectivity index (χ1) is 13.5. The molecule has 1 heterocycles. The molecule has 0 saturated carbocycles. The molecule has 0 fully saturated rings. The van der Waals surface area contributed by atoms with Crippen LogP contribution in [0.3, 0.4) is 0 Å². The predicted molar refractivity (Wildman–Crippen MR) is 103 cm³/mol. The summed E-state index contributed by atoms with van der Waals surface area (Å²) in [5.41, 5.74) is 0.833. The van der Waals surface area contributed by atoms with E-state index < -0.39 is 11.7 Å². The molecule has 3 aromatic rings. The van der Waals surface area contributed by atoms with Gasteiger partial charge in [-0.2, -0.15) is 0 Å². The minimum Gasteiger partial charge on any atom is -0.351 e. The molecule has 0 aliphatic rings. The third kappa shape index (κ3) is 5.57. The summed E-state index contributed by atoms with van der Waals surface area (Å²) in [6, 6.07) is 11.5.